The first-order chi connectivity index (χ1) is 13.9. The third-order valence-electron chi connectivity index (χ3n) is 4.97. The molecule has 29 heavy (non-hydrogen) atoms. The maximum absolute atomic E-state index is 13.1. The second-order valence-electron chi connectivity index (χ2n) is 7.12. The van der Waals surface area contributed by atoms with Crippen LogP contribution in [0.3, 0.4) is 0 Å². The Morgan fingerprint density at radius 2 is 1.97 bits per heavy atom. The number of hydrogen-bond acceptors (Lipinski definition) is 5. The van der Waals surface area contributed by atoms with Crippen LogP contribution < -0.4 is 4.74 Å². The maximum Gasteiger partial charge on any atom is 0.327 e. The zero-order valence-corrected chi connectivity index (χ0v) is 17.6. The molecular formula is C21H25N3O4S. The summed E-state index contributed by atoms with van der Waals surface area (Å²) in [6.07, 6.45) is 0.710. The van der Waals surface area contributed by atoms with E-state index in [9.17, 15) is 14.4 Å². The highest BCUT2D eigenvalue weighted by Crippen LogP contribution is 2.19. The maximum atomic E-state index is 13.1. The molecule has 0 saturated carbocycles. The van der Waals surface area contributed by atoms with Crippen LogP contribution in [-0.4, -0.2) is 65.8 Å². The smallest absolute Gasteiger partial charge is 0.327 e. The number of likely N-dealkylation sites (N-methyl/N-ethyl adjacent to an activating group) is 1. The molecular weight excluding hydrogens is 390 g/mol. The zero-order chi connectivity index (χ0) is 21.0. The molecule has 4 amide bonds. The van der Waals surface area contributed by atoms with E-state index in [2.05, 4.69) is 0 Å². The molecule has 1 atom stereocenters. The normalized spacial score (nSPS) is 15.0. The van der Waals surface area contributed by atoms with Crippen molar-refractivity contribution in [2.24, 2.45) is 0 Å². The van der Waals surface area contributed by atoms with Crippen molar-refractivity contribution in [2.75, 3.05) is 27.2 Å². The minimum Gasteiger partial charge on any atom is -0.497 e. The van der Waals surface area contributed by atoms with Gasteiger partial charge in [0.1, 0.15) is 18.8 Å². The Hall–Kier alpha value is -2.87. The fourth-order valence-corrected chi connectivity index (χ4v) is 4.12. The van der Waals surface area contributed by atoms with E-state index in [4.69, 9.17) is 4.74 Å². The quantitative estimate of drug-likeness (QED) is 0.622. The number of carbonyl (C=O) groups excluding carboxylic acids is 3. The Balaban J connectivity index is 1.77. The van der Waals surface area contributed by atoms with Gasteiger partial charge in [0.15, 0.2) is 0 Å². The lowest BCUT2D eigenvalue weighted by Crippen LogP contribution is -2.46. The SMILES string of the molecule is COc1ccc(CN(C(=O)CN2C(=O)CN(C)C2=O)[C@@H](C)Cc2cccs2)cc1. The van der Waals surface area contributed by atoms with Crippen molar-refractivity contribution in [3.8, 4) is 5.75 Å². The Morgan fingerprint density at radius 3 is 2.52 bits per heavy atom. The second-order valence-corrected chi connectivity index (χ2v) is 8.15. The molecule has 0 unspecified atom stereocenters. The molecule has 2 heterocycles. The van der Waals surface area contributed by atoms with Gasteiger partial charge in [-0.3, -0.25) is 14.5 Å². The van der Waals surface area contributed by atoms with Gasteiger partial charge in [-0.2, -0.15) is 0 Å². The van der Waals surface area contributed by atoms with E-state index >= 15 is 0 Å². The predicted molar refractivity (Wildman–Crippen MR) is 111 cm³/mol. The van der Waals surface area contributed by atoms with Gasteiger partial charge in [0, 0.05) is 30.9 Å². The number of nitrogens with zero attached hydrogens (tertiary/aromatic N) is 3. The van der Waals surface area contributed by atoms with E-state index in [0.717, 1.165) is 16.2 Å². The molecule has 1 fully saturated rings. The predicted octanol–water partition coefficient (Wildman–Crippen LogP) is 2.61. The summed E-state index contributed by atoms with van der Waals surface area (Å²) in [6.45, 7) is 2.14. The Bertz CT molecular complexity index is 867. The summed E-state index contributed by atoms with van der Waals surface area (Å²) in [5.41, 5.74) is 0.952. The molecule has 154 valence electrons. The fraction of sp³-hybridized carbons (Fsp3) is 0.381. The molecule has 3 rings (SSSR count). The van der Waals surface area contributed by atoms with Gasteiger partial charge in [0.05, 0.1) is 7.11 Å². The summed E-state index contributed by atoms with van der Waals surface area (Å²) in [6, 6.07) is 11.0. The van der Waals surface area contributed by atoms with Gasteiger partial charge in [0.2, 0.25) is 5.91 Å². The zero-order valence-electron chi connectivity index (χ0n) is 16.8. The van der Waals surface area contributed by atoms with Gasteiger partial charge in [-0.25, -0.2) is 4.79 Å². The Labute approximate surface area is 174 Å². The van der Waals surface area contributed by atoms with E-state index in [1.165, 1.54) is 9.78 Å². The molecule has 0 N–H and O–H groups in total. The molecule has 0 aliphatic carbocycles. The van der Waals surface area contributed by atoms with Gasteiger partial charge in [-0.05, 0) is 36.1 Å². The molecule has 7 nitrogen and oxygen atoms in total. The minimum atomic E-state index is -0.432. The third-order valence-corrected chi connectivity index (χ3v) is 5.86. The van der Waals surface area contributed by atoms with E-state index < -0.39 is 6.03 Å². The average molecular weight is 416 g/mol. The average Bonchev–Trinajstić information content (AvgIpc) is 3.30. The number of urea groups is 1. The largest absolute Gasteiger partial charge is 0.497 e. The third kappa shape index (κ3) is 4.95. The monoisotopic (exact) mass is 415 g/mol. The van der Waals surface area contributed by atoms with Crippen LogP contribution in [-0.2, 0) is 22.6 Å². The highest BCUT2D eigenvalue weighted by atomic mass is 32.1. The summed E-state index contributed by atoms with van der Waals surface area (Å²) in [4.78, 5) is 42.7. The highest BCUT2D eigenvalue weighted by molar-refractivity contribution is 7.09. The molecule has 2 aromatic rings. The van der Waals surface area contributed by atoms with Crippen LogP contribution in [0.1, 0.15) is 17.4 Å². The molecule has 0 radical (unpaired) electrons. The number of imide groups is 1. The first-order valence-electron chi connectivity index (χ1n) is 9.39. The number of carbonyl (C=O) groups is 3. The summed E-state index contributed by atoms with van der Waals surface area (Å²) >= 11 is 1.65. The summed E-state index contributed by atoms with van der Waals surface area (Å²) in [5.74, 6) is 0.151. The Kier molecular flexibility index (Phi) is 6.53. The molecule has 0 spiro atoms. The standard InChI is InChI=1S/C21H25N3O4S/c1-15(11-18-5-4-10-29-18)23(12-16-6-8-17(28-3)9-7-16)20(26)14-24-19(25)13-22(2)21(24)27/h4-10,15H,11-14H2,1-3H3/t15-/m0/s1. The van der Waals surface area contributed by atoms with Gasteiger partial charge in [0.25, 0.3) is 5.91 Å². The number of rotatable bonds is 8. The number of ether oxygens (including phenoxy) is 1. The van der Waals surface area contributed by atoms with Crippen LogP contribution in [0.2, 0.25) is 0 Å². The van der Waals surface area contributed by atoms with Crippen LogP contribution in [0.15, 0.2) is 41.8 Å². The van der Waals surface area contributed by atoms with Crippen LogP contribution >= 0.6 is 11.3 Å². The molecule has 1 aliphatic heterocycles. The minimum absolute atomic E-state index is 0.00927. The molecule has 1 saturated heterocycles. The van der Waals surface area contributed by atoms with Crippen molar-refractivity contribution < 1.29 is 19.1 Å². The number of benzene rings is 1. The fourth-order valence-electron chi connectivity index (χ4n) is 3.30. The number of methoxy groups -OCH3 is 1. The topological polar surface area (TPSA) is 70.2 Å². The lowest BCUT2D eigenvalue weighted by Gasteiger charge is -2.30. The number of hydrogen-bond donors (Lipinski definition) is 0. The molecule has 0 bridgehead atoms. The van der Waals surface area contributed by atoms with Crippen LogP contribution in [0.4, 0.5) is 4.79 Å². The van der Waals surface area contributed by atoms with Crippen molar-refractivity contribution in [3.63, 3.8) is 0 Å². The van der Waals surface area contributed by atoms with Crippen molar-refractivity contribution in [2.45, 2.75) is 25.9 Å². The summed E-state index contributed by atoms with van der Waals surface area (Å²) in [5, 5.41) is 2.01. The highest BCUT2D eigenvalue weighted by Gasteiger charge is 2.36. The molecule has 1 aromatic heterocycles. The number of amides is 4. The first kappa shape index (κ1) is 20.9. The van der Waals surface area contributed by atoms with Crippen molar-refractivity contribution >= 4 is 29.2 Å². The Morgan fingerprint density at radius 1 is 1.24 bits per heavy atom. The molecule has 8 heteroatoms. The summed E-state index contributed by atoms with van der Waals surface area (Å²) in [7, 11) is 3.16. The molecule has 1 aliphatic rings. The van der Waals surface area contributed by atoms with E-state index in [1.54, 1.807) is 30.4 Å². The van der Waals surface area contributed by atoms with Crippen molar-refractivity contribution in [1.29, 1.82) is 0 Å². The van der Waals surface area contributed by atoms with E-state index in [1.807, 2.05) is 48.7 Å². The van der Waals surface area contributed by atoms with E-state index in [0.29, 0.717) is 13.0 Å². The second kappa shape index (κ2) is 9.09. The first-order valence-corrected chi connectivity index (χ1v) is 10.3. The van der Waals surface area contributed by atoms with E-state index in [-0.39, 0.29) is 30.9 Å². The van der Waals surface area contributed by atoms with Crippen LogP contribution in [0, 0.1) is 0 Å². The molecule has 1 aromatic carbocycles. The van der Waals surface area contributed by atoms with Crippen molar-refractivity contribution in [1.82, 2.24) is 14.7 Å². The van der Waals surface area contributed by atoms with Crippen molar-refractivity contribution in [3.05, 3.63) is 52.2 Å². The van der Waals surface area contributed by atoms with Crippen LogP contribution in [0.5, 0.6) is 5.75 Å². The van der Waals surface area contributed by atoms with Gasteiger partial charge in [-0.15, -0.1) is 11.3 Å². The van der Waals surface area contributed by atoms with Gasteiger partial charge in [-0.1, -0.05) is 18.2 Å². The lowest BCUT2D eigenvalue weighted by molar-refractivity contribution is -0.138. The van der Waals surface area contributed by atoms with Gasteiger partial charge < -0.3 is 14.5 Å². The summed E-state index contributed by atoms with van der Waals surface area (Å²) < 4.78 is 5.20. The van der Waals surface area contributed by atoms with Crippen LogP contribution in [0.25, 0.3) is 0 Å². The lowest BCUT2D eigenvalue weighted by atomic mass is 10.1. The number of thiophene rings is 1. The van der Waals surface area contributed by atoms with Gasteiger partial charge >= 0.3 is 6.03 Å².